The number of amides is 2. The summed E-state index contributed by atoms with van der Waals surface area (Å²) in [6, 6.07) is 13.8. The molecule has 2 amide bonds. The summed E-state index contributed by atoms with van der Waals surface area (Å²) in [6.07, 6.45) is 1.27. The number of thioether (sulfide) groups is 1. The smallest absolute Gasteiger partial charge is 0.227 e. The van der Waals surface area contributed by atoms with Gasteiger partial charge < -0.3 is 14.8 Å². The largest absolute Gasteiger partial charge is 0.358 e. The Morgan fingerprint density at radius 2 is 1.90 bits per heavy atom. The normalized spacial score (nSPS) is 15.8. The third-order valence-electron chi connectivity index (χ3n) is 5.87. The molecule has 7 heteroatoms. The zero-order valence-corrected chi connectivity index (χ0v) is 18.1. The number of nitrogens with zero attached hydrogens (tertiary/aromatic N) is 2. The van der Waals surface area contributed by atoms with E-state index in [9.17, 15) is 9.59 Å². The fraction of sp³-hybridized carbons (Fsp3) is 0.304. The Balaban J connectivity index is 1.25. The molecule has 0 fully saturated rings. The molecule has 30 heavy (non-hydrogen) atoms. The van der Waals surface area contributed by atoms with Crippen molar-refractivity contribution < 1.29 is 9.59 Å². The highest BCUT2D eigenvalue weighted by atomic mass is 35.5. The zero-order valence-electron chi connectivity index (χ0n) is 16.5. The number of fused-ring (bicyclic) bond motifs is 4. The minimum atomic E-state index is 0.0210. The molecule has 1 aromatic heterocycles. The number of halogens is 1. The Hall–Kier alpha value is -2.44. The number of hydrogen-bond donors (Lipinski definition) is 1. The summed E-state index contributed by atoms with van der Waals surface area (Å²) in [5.74, 6) is 0.937. The number of H-pyrrole nitrogens is 1. The lowest BCUT2D eigenvalue weighted by atomic mass is 10.0. The first-order chi connectivity index (χ1) is 14.6. The average Bonchev–Trinajstić information content (AvgIpc) is 3.14. The van der Waals surface area contributed by atoms with Crippen molar-refractivity contribution in [1.82, 2.24) is 9.88 Å². The maximum absolute atomic E-state index is 12.9. The number of carbonyl (C=O) groups excluding carboxylic acids is 2. The Kier molecular flexibility index (Phi) is 5.21. The van der Waals surface area contributed by atoms with Gasteiger partial charge in [0.05, 0.1) is 5.69 Å². The van der Waals surface area contributed by atoms with E-state index in [0.717, 1.165) is 39.2 Å². The third kappa shape index (κ3) is 3.59. The summed E-state index contributed by atoms with van der Waals surface area (Å²) in [5.41, 5.74) is 4.33. The molecular formula is C23H22ClN3O2S. The number of benzene rings is 2. The molecule has 0 bridgehead atoms. The van der Waals surface area contributed by atoms with Gasteiger partial charge >= 0.3 is 0 Å². The van der Waals surface area contributed by atoms with E-state index in [1.54, 1.807) is 11.8 Å². The molecule has 2 aromatic carbocycles. The molecule has 0 spiro atoms. The second-order valence-corrected chi connectivity index (χ2v) is 9.27. The van der Waals surface area contributed by atoms with E-state index in [2.05, 4.69) is 4.98 Å². The van der Waals surface area contributed by atoms with Crippen molar-refractivity contribution in [3.63, 3.8) is 0 Å². The first-order valence-corrected chi connectivity index (χ1v) is 11.6. The molecule has 0 saturated heterocycles. The predicted molar refractivity (Wildman–Crippen MR) is 121 cm³/mol. The number of carbonyl (C=O) groups is 2. The molecule has 5 nitrogen and oxygen atoms in total. The minimum Gasteiger partial charge on any atom is -0.358 e. The molecule has 3 aromatic rings. The van der Waals surface area contributed by atoms with Gasteiger partial charge in [0.25, 0.3) is 0 Å². The number of hydrogen-bond acceptors (Lipinski definition) is 3. The van der Waals surface area contributed by atoms with Crippen LogP contribution in [0, 0.1) is 0 Å². The number of anilines is 1. The van der Waals surface area contributed by atoms with Gasteiger partial charge in [-0.25, -0.2) is 0 Å². The van der Waals surface area contributed by atoms with E-state index in [0.29, 0.717) is 24.7 Å². The van der Waals surface area contributed by atoms with Gasteiger partial charge in [0.15, 0.2) is 0 Å². The Morgan fingerprint density at radius 3 is 2.80 bits per heavy atom. The van der Waals surface area contributed by atoms with Crippen LogP contribution in [0.3, 0.4) is 0 Å². The van der Waals surface area contributed by atoms with Gasteiger partial charge in [-0.3, -0.25) is 9.59 Å². The van der Waals surface area contributed by atoms with Crippen molar-refractivity contribution >= 4 is 51.8 Å². The number of aromatic amines is 1. The third-order valence-corrected chi connectivity index (χ3v) is 7.15. The second-order valence-electron chi connectivity index (χ2n) is 7.70. The summed E-state index contributed by atoms with van der Waals surface area (Å²) in [7, 11) is 0. The predicted octanol–water partition coefficient (Wildman–Crippen LogP) is 4.63. The van der Waals surface area contributed by atoms with Gasteiger partial charge in [-0.1, -0.05) is 23.7 Å². The molecule has 1 N–H and O–H groups in total. The van der Waals surface area contributed by atoms with Crippen LogP contribution in [0.2, 0.25) is 5.02 Å². The van der Waals surface area contributed by atoms with E-state index in [1.807, 2.05) is 52.3 Å². The Bertz CT molecular complexity index is 1140. The first-order valence-electron chi connectivity index (χ1n) is 10.2. The van der Waals surface area contributed by atoms with Crippen LogP contribution in [0.1, 0.15) is 24.1 Å². The fourth-order valence-electron chi connectivity index (χ4n) is 4.33. The van der Waals surface area contributed by atoms with Gasteiger partial charge in [-0.2, -0.15) is 0 Å². The topological polar surface area (TPSA) is 56.4 Å². The molecule has 0 unspecified atom stereocenters. The number of nitrogens with one attached hydrogen (secondary N) is 1. The molecule has 0 atom stereocenters. The van der Waals surface area contributed by atoms with Crippen LogP contribution in [0.15, 0.2) is 47.4 Å². The van der Waals surface area contributed by atoms with Crippen LogP contribution < -0.4 is 4.90 Å². The van der Waals surface area contributed by atoms with Crippen LogP contribution in [-0.2, 0) is 22.6 Å². The molecule has 154 valence electrons. The van der Waals surface area contributed by atoms with Gasteiger partial charge in [0, 0.05) is 76.7 Å². The van der Waals surface area contributed by atoms with Crippen molar-refractivity contribution in [1.29, 1.82) is 0 Å². The number of para-hydroxylation sites is 1. The highest BCUT2D eigenvalue weighted by Gasteiger charge is 2.26. The summed E-state index contributed by atoms with van der Waals surface area (Å²) < 4.78 is 0. The standard InChI is InChI=1S/C23H22ClN3O2S/c24-15-5-6-18-16(13-15)17-14-26(10-9-19(17)25-18)22(28)7-8-23(29)27-11-12-30-21-4-2-1-3-20(21)27/h1-6,13,25H,7-12,14H2. The summed E-state index contributed by atoms with van der Waals surface area (Å²) in [4.78, 5) is 34.0. The van der Waals surface area contributed by atoms with E-state index in [4.69, 9.17) is 11.6 Å². The molecular weight excluding hydrogens is 418 g/mol. The molecule has 0 saturated carbocycles. The van der Waals surface area contributed by atoms with Crippen LogP contribution in [0.5, 0.6) is 0 Å². The number of aromatic nitrogens is 1. The van der Waals surface area contributed by atoms with Crippen molar-refractivity contribution in [2.24, 2.45) is 0 Å². The lowest BCUT2D eigenvalue weighted by Crippen LogP contribution is -2.38. The molecule has 0 aliphatic carbocycles. The Labute approximate surface area is 184 Å². The molecule has 3 heterocycles. The van der Waals surface area contributed by atoms with Gasteiger partial charge in [-0.05, 0) is 30.3 Å². The minimum absolute atomic E-state index is 0.0210. The molecule has 0 radical (unpaired) electrons. The van der Waals surface area contributed by atoms with E-state index in [1.165, 1.54) is 5.69 Å². The quantitative estimate of drug-likeness (QED) is 0.647. The van der Waals surface area contributed by atoms with Crippen LogP contribution in [0.4, 0.5) is 5.69 Å². The van der Waals surface area contributed by atoms with Crippen molar-refractivity contribution in [2.75, 3.05) is 23.7 Å². The molecule has 5 rings (SSSR count). The zero-order chi connectivity index (χ0) is 20.7. The average molecular weight is 440 g/mol. The van der Waals surface area contributed by atoms with E-state index >= 15 is 0 Å². The second kappa shape index (κ2) is 8.00. The summed E-state index contributed by atoms with van der Waals surface area (Å²) in [5, 5.41) is 1.77. The van der Waals surface area contributed by atoms with Crippen molar-refractivity contribution in [3.8, 4) is 0 Å². The van der Waals surface area contributed by atoms with Crippen LogP contribution in [0.25, 0.3) is 10.9 Å². The van der Waals surface area contributed by atoms with E-state index < -0.39 is 0 Å². The van der Waals surface area contributed by atoms with Gasteiger partial charge in [0.2, 0.25) is 11.8 Å². The maximum Gasteiger partial charge on any atom is 0.227 e. The lowest BCUT2D eigenvalue weighted by molar-refractivity contribution is -0.134. The lowest BCUT2D eigenvalue weighted by Gasteiger charge is -2.30. The van der Waals surface area contributed by atoms with E-state index in [-0.39, 0.29) is 24.7 Å². The highest BCUT2D eigenvalue weighted by molar-refractivity contribution is 7.99. The molecule has 2 aliphatic rings. The van der Waals surface area contributed by atoms with Crippen molar-refractivity contribution in [3.05, 3.63) is 58.7 Å². The van der Waals surface area contributed by atoms with Gasteiger partial charge in [-0.15, -0.1) is 11.8 Å². The monoisotopic (exact) mass is 439 g/mol. The first kappa shape index (κ1) is 19.5. The Morgan fingerprint density at radius 1 is 1.07 bits per heavy atom. The number of rotatable bonds is 3. The van der Waals surface area contributed by atoms with Crippen LogP contribution >= 0.6 is 23.4 Å². The van der Waals surface area contributed by atoms with Crippen molar-refractivity contribution in [2.45, 2.75) is 30.7 Å². The summed E-state index contributed by atoms with van der Waals surface area (Å²) >= 11 is 7.95. The molecule has 2 aliphatic heterocycles. The maximum atomic E-state index is 12.9. The van der Waals surface area contributed by atoms with Crippen LogP contribution in [-0.4, -0.2) is 40.5 Å². The SMILES string of the molecule is O=C(CCC(=O)N1CCSc2ccccc21)N1CCc2[nH]c3ccc(Cl)cc3c2C1. The fourth-order valence-corrected chi connectivity index (χ4v) is 5.50. The highest BCUT2D eigenvalue weighted by Crippen LogP contribution is 2.35. The summed E-state index contributed by atoms with van der Waals surface area (Å²) in [6.45, 7) is 1.92. The van der Waals surface area contributed by atoms with Gasteiger partial charge in [0.1, 0.15) is 0 Å².